The van der Waals surface area contributed by atoms with Gasteiger partial charge in [0.25, 0.3) is 5.91 Å². The molecule has 41 heavy (non-hydrogen) atoms. The second-order valence-electron chi connectivity index (χ2n) is 10.8. The van der Waals surface area contributed by atoms with Gasteiger partial charge in [0.2, 0.25) is 0 Å². The smallest absolute Gasteiger partial charge is 0.338 e. The topological polar surface area (TPSA) is 97.6 Å². The number of hydrogen-bond acceptors (Lipinski definition) is 6. The number of benzene rings is 3. The molecule has 5 rings (SSSR count). The van der Waals surface area contributed by atoms with Gasteiger partial charge in [0.1, 0.15) is 0 Å². The summed E-state index contributed by atoms with van der Waals surface area (Å²) in [5, 5.41) is 6.39. The first-order valence-corrected chi connectivity index (χ1v) is 13.5. The van der Waals surface area contributed by atoms with E-state index in [4.69, 9.17) is 9.72 Å². The molecular weight excluding hydrogens is 514 g/mol. The molecule has 3 aromatic carbocycles. The number of nitrogens with one attached hydrogen (secondary N) is 2. The van der Waals surface area contributed by atoms with Crippen LogP contribution >= 0.6 is 0 Å². The van der Waals surface area contributed by atoms with Crippen molar-refractivity contribution in [2.24, 2.45) is 0 Å². The van der Waals surface area contributed by atoms with Crippen molar-refractivity contribution in [3.05, 3.63) is 108 Å². The maximum absolute atomic E-state index is 13.1. The Labute approximate surface area is 239 Å². The van der Waals surface area contributed by atoms with Crippen LogP contribution in [0.3, 0.4) is 0 Å². The summed E-state index contributed by atoms with van der Waals surface area (Å²) < 4.78 is 6.98. The van der Waals surface area contributed by atoms with Gasteiger partial charge in [-0.1, -0.05) is 45.0 Å². The van der Waals surface area contributed by atoms with Crippen molar-refractivity contribution in [1.82, 2.24) is 14.4 Å². The van der Waals surface area contributed by atoms with E-state index in [-0.39, 0.29) is 17.3 Å². The van der Waals surface area contributed by atoms with Crippen molar-refractivity contribution in [3.8, 4) is 11.3 Å². The van der Waals surface area contributed by atoms with Gasteiger partial charge in [-0.2, -0.15) is 0 Å². The highest BCUT2D eigenvalue weighted by atomic mass is 16.5. The number of imidazole rings is 1. The fraction of sp³-hybridized carbons (Fsp3) is 0.212. The van der Waals surface area contributed by atoms with Gasteiger partial charge in [0.15, 0.2) is 11.5 Å². The first-order chi connectivity index (χ1) is 19.6. The van der Waals surface area contributed by atoms with Crippen LogP contribution in [0.2, 0.25) is 0 Å². The number of aromatic nitrogens is 3. The second-order valence-corrected chi connectivity index (χ2v) is 10.8. The van der Waals surface area contributed by atoms with Crippen molar-refractivity contribution >= 4 is 34.7 Å². The molecule has 0 radical (unpaired) electrons. The van der Waals surface area contributed by atoms with Gasteiger partial charge in [-0.3, -0.25) is 4.79 Å². The Bertz CT molecular complexity index is 1720. The van der Waals surface area contributed by atoms with Crippen LogP contribution in [0.1, 0.15) is 59.5 Å². The Hall–Kier alpha value is -4.98. The zero-order valence-corrected chi connectivity index (χ0v) is 23.9. The lowest BCUT2D eigenvalue weighted by atomic mass is 9.86. The van der Waals surface area contributed by atoms with Crippen molar-refractivity contribution in [2.45, 2.75) is 40.0 Å². The standard InChI is InChI=1S/C33H33N5O3/c1-6-41-32(40)23-12-16-25(17-13-23)35-29-30-34-18-19-38(30)20-28(36-29)26-8-7-9-27(21(26)2)37-31(39)22-10-14-24(15-11-22)33(3,4)5/h7-20H,6H2,1-5H3,(H,35,36)(H,37,39). The van der Waals surface area contributed by atoms with Crippen LogP contribution in [0.25, 0.3) is 16.9 Å². The summed E-state index contributed by atoms with van der Waals surface area (Å²) in [6.07, 6.45) is 5.48. The third-order valence-electron chi connectivity index (χ3n) is 6.90. The number of anilines is 3. The van der Waals surface area contributed by atoms with Gasteiger partial charge in [0, 0.05) is 41.1 Å². The first-order valence-electron chi connectivity index (χ1n) is 13.5. The number of amides is 1. The van der Waals surface area contributed by atoms with Crippen LogP contribution in [-0.4, -0.2) is 32.9 Å². The summed E-state index contributed by atoms with van der Waals surface area (Å²) in [4.78, 5) is 34.5. The van der Waals surface area contributed by atoms with E-state index in [2.05, 4.69) is 36.4 Å². The van der Waals surface area contributed by atoms with E-state index in [1.165, 1.54) is 5.56 Å². The van der Waals surface area contributed by atoms with Gasteiger partial charge in [-0.25, -0.2) is 14.8 Å². The molecule has 0 bridgehead atoms. The minimum absolute atomic E-state index is 0.0169. The zero-order valence-electron chi connectivity index (χ0n) is 23.9. The minimum atomic E-state index is -0.362. The fourth-order valence-electron chi connectivity index (χ4n) is 4.55. The summed E-state index contributed by atoms with van der Waals surface area (Å²) in [5.41, 5.74) is 6.87. The number of hydrogen-bond donors (Lipinski definition) is 2. The summed E-state index contributed by atoms with van der Waals surface area (Å²) in [7, 11) is 0. The quantitative estimate of drug-likeness (QED) is 0.210. The van der Waals surface area contributed by atoms with Crippen molar-refractivity contribution in [1.29, 1.82) is 0 Å². The zero-order chi connectivity index (χ0) is 29.1. The number of carbonyl (C=O) groups is 2. The maximum Gasteiger partial charge on any atom is 0.338 e. The molecule has 8 heteroatoms. The number of rotatable bonds is 7. The average molecular weight is 548 g/mol. The molecule has 0 aliphatic heterocycles. The fourth-order valence-corrected chi connectivity index (χ4v) is 4.55. The molecular formula is C33H33N5O3. The molecule has 0 atom stereocenters. The predicted molar refractivity (Wildman–Crippen MR) is 162 cm³/mol. The van der Waals surface area contributed by atoms with Crippen LogP contribution in [0, 0.1) is 6.92 Å². The Morgan fingerprint density at radius 3 is 2.34 bits per heavy atom. The Morgan fingerprint density at radius 1 is 0.951 bits per heavy atom. The molecule has 2 heterocycles. The number of ether oxygens (including phenoxy) is 1. The molecule has 0 aliphatic rings. The molecule has 8 nitrogen and oxygen atoms in total. The SMILES string of the molecule is CCOC(=O)c1ccc(Nc2nc(-c3cccc(NC(=O)c4ccc(C(C)(C)C)cc4)c3C)cn3ccnc23)cc1. The molecule has 1 amide bonds. The summed E-state index contributed by atoms with van der Waals surface area (Å²) >= 11 is 0. The third kappa shape index (κ3) is 5.96. The lowest BCUT2D eigenvalue weighted by Gasteiger charge is -2.19. The lowest BCUT2D eigenvalue weighted by molar-refractivity contribution is 0.0526. The Morgan fingerprint density at radius 2 is 1.66 bits per heavy atom. The minimum Gasteiger partial charge on any atom is -0.462 e. The summed E-state index contributed by atoms with van der Waals surface area (Å²) in [5.74, 6) is 0.0284. The highest BCUT2D eigenvalue weighted by molar-refractivity contribution is 6.05. The number of esters is 1. The molecule has 0 aliphatic carbocycles. The van der Waals surface area contributed by atoms with Crippen LogP contribution in [-0.2, 0) is 10.2 Å². The molecule has 0 saturated carbocycles. The monoisotopic (exact) mass is 547 g/mol. The van der Waals surface area contributed by atoms with Crippen LogP contribution in [0.5, 0.6) is 0 Å². The largest absolute Gasteiger partial charge is 0.462 e. The lowest BCUT2D eigenvalue weighted by Crippen LogP contribution is -2.15. The summed E-state index contributed by atoms with van der Waals surface area (Å²) in [6.45, 7) is 10.5. The highest BCUT2D eigenvalue weighted by Crippen LogP contribution is 2.31. The van der Waals surface area contributed by atoms with Gasteiger partial charge in [-0.05, 0) is 72.9 Å². The second kappa shape index (κ2) is 11.3. The number of carbonyl (C=O) groups excluding carboxylic acids is 2. The highest BCUT2D eigenvalue weighted by Gasteiger charge is 2.17. The van der Waals surface area contributed by atoms with Gasteiger partial charge >= 0.3 is 5.97 Å². The van der Waals surface area contributed by atoms with Gasteiger partial charge in [-0.15, -0.1) is 0 Å². The molecule has 208 valence electrons. The van der Waals surface area contributed by atoms with Crippen molar-refractivity contribution < 1.29 is 14.3 Å². The van der Waals surface area contributed by atoms with E-state index in [9.17, 15) is 9.59 Å². The molecule has 2 aromatic heterocycles. The van der Waals surface area contributed by atoms with E-state index in [1.807, 2.05) is 66.2 Å². The Balaban J connectivity index is 1.42. The van der Waals surface area contributed by atoms with Crippen molar-refractivity contribution in [3.63, 3.8) is 0 Å². The molecule has 0 unspecified atom stereocenters. The normalized spacial score (nSPS) is 11.3. The Kier molecular flexibility index (Phi) is 7.57. The molecule has 0 spiro atoms. The molecule has 2 N–H and O–H groups in total. The third-order valence-corrected chi connectivity index (χ3v) is 6.90. The first kappa shape index (κ1) is 27.6. The molecule has 5 aromatic rings. The average Bonchev–Trinajstić information content (AvgIpc) is 3.43. The van der Waals surface area contributed by atoms with Crippen molar-refractivity contribution in [2.75, 3.05) is 17.2 Å². The number of nitrogens with zero attached hydrogens (tertiary/aromatic N) is 3. The van der Waals surface area contributed by atoms with Crippen LogP contribution in [0.4, 0.5) is 17.2 Å². The van der Waals surface area contributed by atoms with Gasteiger partial charge in [0.05, 0.1) is 17.9 Å². The van der Waals surface area contributed by atoms with E-state index in [0.29, 0.717) is 40.6 Å². The van der Waals surface area contributed by atoms with Crippen LogP contribution in [0.15, 0.2) is 85.3 Å². The van der Waals surface area contributed by atoms with Crippen LogP contribution < -0.4 is 10.6 Å². The molecule has 0 saturated heterocycles. The van der Waals surface area contributed by atoms with E-state index >= 15 is 0 Å². The maximum atomic E-state index is 13.1. The molecule has 0 fully saturated rings. The van der Waals surface area contributed by atoms with E-state index in [1.54, 1.807) is 37.4 Å². The predicted octanol–water partition coefficient (Wildman–Crippen LogP) is 7.17. The number of fused-ring (bicyclic) bond motifs is 1. The van der Waals surface area contributed by atoms with E-state index in [0.717, 1.165) is 16.8 Å². The van der Waals surface area contributed by atoms with E-state index < -0.39 is 0 Å². The summed E-state index contributed by atoms with van der Waals surface area (Å²) in [6, 6.07) is 20.5. The van der Waals surface area contributed by atoms with Gasteiger partial charge < -0.3 is 19.8 Å².